The SMILES string of the molecule is Cc1nn(C)cc1NC(C)c1ccsc1. The first-order chi connectivity index (χ1) is 7.16. The second-order valence-electron chi connectivity index (χ2n) is 3.72. The minimum atomic E-state index is 0.333. The van der Waals surface area contributed by atoms with E-state index in [0.29, 0.717) is 6.04 Å². The summed E-state index contributed by atoms with van der Waals surface area (Å²) in [5, 5.41) is 12.0. The molecule has 1 unspecified atom stereocenters. The maximum atomic E-state index is 4.30. The van der Waals surface area contributed by atoms with Crippen LogP contribution in [-0.2, 0) is 7.05 Å². The summed E-state index contributed by atoms with van der Waals surface area (Å²) >= 11 is 1.73. The molecule has 0 radical (unpaired) electrons. The second kappa shape index (κ2) is 4.06. The molecule has 0 spiro atoms. The summed E-state index contributed by atoms with van der Waals surface area (Å²) in [6.45, 7) is 4.18. The molecule has 0 saturated heterocycles. The molecule has 0 bridgehead atoms. The van der Waals surface area contributed by atoms with Crippen LogP contribution >= 0.6 is 11.3 Å². The Morgan fingerprint density at radius 2 is 2.33 bits per heavy atom. The molecule has 2 heterocycles. The molecule has 3 nitrogen and oxygen atoms in total. The van der Waals surface area contributed by atoms with Gasteiger partial charge in [0.2, 0.25) is 0 Å². The maximum Gasteiger partial charge on any atom is 0.0825 e. The molecule has 2 rings (SSSR count). The van der Waals surface area contributed by atoms with Crippen LogP contribution in [0.15, 0.2) is 23.0 Å². The molecule has 0 amide bonds. The lowest BCUT2D eigenvalue weighted by Gasteiger charge is -2.12. The summed E-state index contributed by atoms with van der Waals surface area (Å²) in [7, 11) is 1.94. The van der Waals surface area contributed by atoms with Crippen molar-refractivity contribution in [2.24, 2.45) is 7.05 Å². The molecular formula is C11H15N3S. The van der Waals surface area contributed by atoms with Gasteiger partial charge in [0.15, 0.2) is 0 Å². The van der Waals surface area contributed by atoms with Gasteiger partial charge in [0.1, 0.15) is 0 Å². The summed E-state index contributed by atoms with van der Waals surface area (Å²) in [6.07, 6.45) is 2.01. The molecule has 0 saturated carbocycles. The van der Waals surface area contributed by atoms with Crippen molar-refractivity contribution in [3.8, 4) is 0 Å². The highest BCUT2D eigenvalue weighted by atomic mass is 32.1. The average Bonchev–Trinajstić information content (AvgIpc) is 2.76. The maximum absolute atomic E-state index is 4.30. The molecule has 0 aliphatic rings. The first-order valence-corrected chi connectivity index (χ1v) is 5.90. The average molecular weight is 221 g/mol. The molecule has 2 aromatic rings. The van der Waals surface area contributed by atoms with Crippen LogP contribution in [0.2, 0.25) is 0 Å². The fourth-order valence-electron chi connectivity index (χ4n) is 1.58. The number of aromatic nitrogens is 2. The van der Waals surface area contributed by atoms with Gasteiger partial charge in [-0.1, -0.05) is 0 Å². The molecule has 0 fully saturated rings. The first-order valence-electron chi connectivity index (χ1n) is 4.95. The number of nitrogens with one attached hydrogen (secondary N) is 1. The fourth-order valence-corrected chi connectivity index (χ4v) is 2.33. The van der Waals surface area contributed by atoms with Gasteiger partial charge >= 0.3 is 0 Å². The predicted octanol–water partition coefficient (Wildman–Crippen LogP) is 2.96. The van der Waals surface area contributed by atoms with Crippen molar-refractivity contribution >= 4 is 17.0 Å². The van der Waals surface area contributed by atoms with E-state index in [2.05, 4.69) is 34.2 Å². The van der Waals surface area contributed by atoms with Crippen molar-refractivity contribution in [1.29, 1.82) is 0 Å². The lowest BCUT2D eigenvalue weighted by molar-refractivity contribution is 0.756. The van der Waals surface area contributed by atoms with Crippen molar-refractivity contribution in [3.05, 3.63) is 34.3 Å². The highest BCUT2D eigenvalue weighted by Crippen LogP contribution is 2.22. The molecule has 4 heteroatoms. The van der Waals surface area contributed by atoms with Crippen LogP contribution in [0.3, 0.4) is 0 Å². The Hall–Kier alpha value is -1.29. The van der Waals surface area contributed by atoms with Crippen LogP contribution in [0.25, 0.3) is 0 Å². The summed E-state index contributed by atoms with van der Waals surface area (Å²) in [5.41, 5.74) is 3.47. The Balaban J connectivity index is 2.12. The van der Waals surface area contributed by atoms with E-state index < -0.39 is 0 Å². The van der Waals surface area contributed by atoms with Crippen molar-refractivity contribution in [1.82, 2.24) is 9.78 Å². The highest BCUT2D eigenvalue weighted by molar-refractivity contribution is 7.07. The van der Waals surface area contributed by atoms with Gasteiger partial charge in [-0.25, -0.2) is 0 Å². The highest BCUT2D eigenvalue weighted by Gasteiger charge is 2.08. The van der Waals surface area contributed by atoms with Crippen molar-refractivity contribution < 1.29 is 0 Å². The summed E-state index contributed by atoms with van der Waals surface area (Å²) in [4.78, 5) is 0. The van der Waals surface area contributed by atoms with Crippen LogP contribution in [0.1, 0.15) is 24.2 Å². The normalized spacial score (nSPS) is 12.7. The Bertz CT molecular complexity index is 431. The Morgan fingerprint density at radius 1 is 1.53 bits per heavy atom. The number of anilines is 1. The predicted molar refractivity (Wildman–Crippen MR) is 64.3 cm³/mol. The summed E-state index contributed by atoms with van der Waals surface area (Å²) in [5.74, 6) is 0. The molecule has 1 N–H and O–H groups in total. The van der Waals surface area contributed by atoms with E-state index in [1.165, 1.54) is 5.56 Å². The van der Waals surface area contributed by atoms with Gasteiger partial charge < -0.3 is 5.32 Å². The van der Waals surface area contributed by atoms with E-state index in [0.717, 1.165) is 11.4 Å². The van der Waals surface area contributed by atoms with Crippen molar-refractivity contribution in [2.75, 3.05) is 5.32 Å². The smallest absolute Gasteiger partial charge is 0.0825 e. The van der Waals surface area contributed by atoms with Gasteiger partial charge in [0.25, 0.3) is 0 Å². The molecular weight excluding hydrogens is 206 g/mol. The van der Waals surface area contributed by atoms with Crippen LogP contribution in [0.4, 0.5) is 5.69 Å². The number of nitrogens with zero attached hydrogens (tertiary/aromatic N) is 2. The lowest BCUT2D eigenvalue weighted by atomic mass is 10.2. The Kier molecular flexibility index (Phi) is 2.77. The van der Waals surface area contributed by atoms with Crippen LogP contribution in [0, 0.1) is 6.92 Å². The van der Waals surface area contributed by atoms with E-state index in [9.17, 15) is 0 Å². The standard InChI is InChI=1S/C11H15N3S/c1-8(10-4-5-15-7-10)12-11-6-14(3)13-9(11)2/h4-8,12H,1-3H3. The molecule has 0 aliphatic heterocycles. The van der Waals surface area contributed by atoms with E-state index >= 15 is 0 Å². The monoisotopic (exact) mass is 221 g/mol. The number of hydrogen-bond acceptors (Lipinski definition) is 3. The minimum Gasteiger partial charge on any atom is -0.376 e. The molecule has 15 heavy (non-hydrogen) atoms. The molecule has 0 aromatic carbocycles. The molecule has 80 valence electrons. The second-order valence-corrected chi connectivity index (χ2v) is 4.50. The Morgan fingerprint density at radius 3 is 2.87 bits per heavy atom. The fraction of sp³-hybridized carbons (Fsp3) is 0.364. The summed E-state index contributed by atoms with van der Waals surface area (Å²) < 4.78 is 1.83. The van der Waals surface area contributed by atoms with Gasteiger partial charge in [0.05, 0.1) is 11.4 Å². The van der Waals surface area contributed by atoms with Gasteiger partial charge in [-0.15, -0.1) is 0 Å². The Labute approximate surface area is 93.7 Å². The van der Waals surface area contributed by atoms with Crippen LogP contribution < -0.4 is 5.32 Å². The first kappa shape index (κ1) is 10.2. The van der Waals surface area contributed by atoms with Crippen molar-refractivity contribution in [2.45, 2.75) is 19.9 Å². The number of aryl methyl sites for hydroxylation is 2. The van der Waals surface area contributed by atoms with E-state index in [1.807, 2.05) is 24.9 Å². The number of thiophene rings is 1. The van der Waals surface area contributed by atoms with Gasteiger partial charge in [-0.05, 0) is 36.2 Å². The zero-order valence-corrected chi connectivity index (χ0v) is 10.0. The van der Waals surface area contributed by atoms with Gasteiger partial charge in [-0.3, -0.25) is 4.68 Å². The minimum absolute atomic E-state index is 0.333. The van der Waals surface area contributed by atoms with Crippen LogP contribution in [-0.4, -0.2) is 9.78 Å². The number of hydrogen-bond donors (Lipinski definition) is 1. The van der Waals surface area contributed by atoms with Gasteiger partial charge in [-0.2, -0.15) is 16.4 Å². The third kappa shape index (κ3) is 2.21. The molecule has 2 aromatic heterocycles. The zero-order valence-electron chi connectivity index (χ0n) is 9.19. The van der Waals surface area contributed by atoms with Crippen LogP contribution in [0.5, 0.6) is 0 Å². The van der Waals surface area contributed by atoms with E-state index in [-0.39, 0.29) is 0 Å². The zero-order chi connectivity index (χ0) is 10.8. The van der Waals surface area contributed by atoms with E-state index in [1.54, 1.807) is 11.3 Å². The van der Waals surface area contributed by atoms with Crippen molar-refractivity contribution in [3.63, 3.8) is 0 Å². The topological polar surface area (TPSA) is 29.9 Å². The largest absolute Gasteiger partial charge is 0.376 e. The molecule has 1 atom stereocenters. The lowest BCUT2D eigenvalue weighted by Crippen LogP contribution is -2.05. The third-order valence-corrected chi connectivity index (χ3v) is 3.13. The quantitative estimate of drug-likeness (QED) is 0.863. The van der Waals surface area contributed by atoms with Gasteiger partial charge in [0, 0.05) is 19.3 Å². The molecule has 0 aliphatic carbocycles. The van der Waals surface area contributed by atoms with E-state index in [4.69, 9.17) is 0 Å². The number of rotatable bonds is 3. The third-order valence-electron chi connectivity index (χ3n) is 2.43. The summed E-state index contributed by atoms with van der Waals surface area (Å²) in [6, 6.07) is 2.48.